The summed E-state index contributed by atoms with van der Waals surface area (Å²) in [7, 11) is -1.68. The van der Waals surface area contributed by atoms with Gasteiger partial charge in [-0.15, -0.1) is 0 Å². The second kappa shape index (κ2) is 10.1. The molecule has 170 valence electrons. The van der Waals surface area contributed by atoms with Crippen molar-refractivity contribution in [3.8, 4) is 5.69 Å². The van der Waals surface area contributed by atoms with Crippen molar-refractivity contribution in [1.29, 1.82) is 0 Å². The van der Waals surface area contributed by atoms with Gasteiger partial charge in [0.15, 0.2) is 8.32 Å². The second-order valence-electron chi connectivity index (χ2n) is 9.02. The maximum atomic E-state index is 12.5. The molecule has 0 aliphatic carbocycles. The van der Waals surface area contributed by atoms with Crippen molar-refractivity contribution in [1.82, 2.24) is 19.1 Å². The van der Waals surface area contributed by atoms with Crippen molar-refractivity contribution in [3.63, 3.8) is 0 Å². The Hall–Kier alpha value is -3.04. The van der Waals surface area contributed by atoms with E-state index in [1.807, 2.05) is 24.3 Å². The highest BCUT2D eigenvalue weighted by Crippen LogP contribution is 2.21. The molecule has 0 radical (unpaired) electrons. The Morgan fingerprint density at radius 3 is 2.44 bits per heavy atom. The Bertz CT molecular complexity index is 1090. The van der Waals surface area contributed by atoms with E-state index >= 15 is 0 Å². The predicted octanol–water partition coefficient (Wildman–Crippen LogP) is 4.32. The second-order valence-corrected chi connectivity index (χ2v) is 13.2. The minimum atomic E-state index is -1.68. The quantitative estimate of drug-likeness (QED) is 0.513. The fraction of sp³-hybridized carbons (Fsp3) is 0.391. The molecule has 2 heterocycles. The minimum absolute atomic E-state index is 0.143. The number of aromatic nitrogens is 4. The SMILES string of the molecule is CC(C)C[Si](C)(C)OC(C)Cc1ccc(-n2ccc(NC(=O)n3ccnc3)nc2=O)cc1. The zero-order chi connectivity index (χ0) is 23.3. The highest BCUT2D eigenvalue weighted by molar-refractivity contribution is 6.71. The summed E-state index contributed by atoms with van der Waals surface area (Å²) in [6.45, 7) is 11.1. The molecule has 0 spiro atoms. The molecule has 0 aliphatic heterocycles. The zero-order valence-corrected chi connectivity index (χ0v) is 20.3. The number of hydrogen-bond donors (Lipinski definition) is 1. The number of carbonyl (C=O) groups is 1. The van der Waals surface area contributed by atoms with Crippen molar-refractivity contribution >= 4 is 20.2 Å². The van der Waals surface area contributed by atoms with Gasteiger partial charge in [-0.05, 0) is 62.2 Å². The Labute approximate surface area is 189 Å². The molecule has 1 atom stereocenters. The number of nitrogens with one attached hydrogen (secondary N) is 1. The molecule has 1 amide bonds. The molecule has 1 unspecified atom stereocenters. The zero-order valence-electron chi connectivity index (χ0n) is 19.3. The van der Waals surface area contributed by atoms with Gasteiger partial charge in [0.05, 0.1) is 5.69 Å². The van der Waals surface area contributed by atoms with Crippen LogP contribution in [0.4, 0.5) is 10.6 Å². The summed E-state index contributed by atoms with van der Waals surface area (Å²) in [5, 5.41) is 2.57. The van der Waals surface area contributed by atoms with Gasteiger partial charge in [0.25, 0.3) is 0 Å². The van der Waals surface area contributed by atoms with Gasteiger partial charge < -0.3 is 4.43 Å². The van der Waals surface area contributed by atoms with Crippen LogP contribution in [0.1, 0.15) is 26.3 Å². The Balaban J connectivity index is 1.64. The molecule has 32 heavy (non-hydrogen) atoms. The molecule has 0 aliphatic rings. The third-order valence-electron chi connectivity index (χ3n) is 4.94. The summed E-state index contributed by atoms with van der Waals surface area (Å²) >= 11 is 0. The van der Waals surface area contributed by atoms with Gasteiger partial charge in [-0.1, -0.05) is 26.0 Å². The predicted molar refractivity (Wildman–Crippen MR) is 128 cm³/mol. The summed E-state index contributed by atoms with van der Waals surface area (Å²) in [6, 6.07) is 10.1. The first-order valence-electron chi connectivity index (χ1n) is 10.8. The van der Waals surface area contributed by atoms with Gasteiger partial charge in [0, 0.05) is 24.7 Å². The van der Waals surface area contributed by atoms with Crippen LogP contribution in [0.15, 0.2) is 60.0 Å². The van der Waals surface area contributed by atoms with Crippen LogP contribution in [-0.2, 0) is 10.8 Å². The fourth-order valence-corrected chi connectivity index (χ4v) is 7.20. The van der Waals surface area contributed by atoms with Gasteiger partial charge in [-0.3, -0.25) is 14.5 Å². The summed E-state index contributed by atoms with van der Waals surface area (Å²) in [5.41, 5.74) is 1.39. The molecule has 0 saturated heterocycles. The number of hydrogen-bond acceptors (Lipinski definition) is 5. The monoisotopic (exact) mass is 453 g/mol. The third-order valence-corrected chi connectivity index (χ3v) is 7.78. The van der Waals surface area contributed by atoms with Crippen LogP contribution in [0.3, 0.4) is 0 Å². The number of carbonyl (C=O) groups excluding carboxylic acids is 1. The molecule has 0 fully saturated rings. The lowest BCUT2D eigenvalue weighted by Crippen LogP contribution is -2.36. The molecule has 1 N–H and O–H groups in total. The molecular formula is C23H31N5O3Si. The molecule has 0 saturated carbocycles. The molecule has 0 bridgehead atoms. The summed E-state index contributed by atoms with van der Waals surface area (Å²) < 4.78 is 9.10. The van der Waals surface area contributed by atoms with Crippen LogP contribution >= 0.6 is 0 Å². The van der Waals surface area contributed by atoms with Gasteiger partial charge in [-0.2, -0.15) is 4.98 Å². The smallest absolute Gasteiger partial charge is 0.354 e. The van der Waals surface area contributed by atoms with Crippen molar-refractivity contribution in [2.24, 2.45) is 5.92 Å². The van der Waals surface area contributed by atoms with Crippen molar-refractivity contribution in [2.45, 2.75) is 52.4 Å². The molecular weight excluding hydrogens is 422 g/mol. The van der Waals surface area contributed by atoms with E-state index < -0.39 is 20.0 Å². The number of anilines is 1. The van der Waals surface area contributed by atoms with Crippen LogP contribution in [-0.4, -0.2) is 39.6 Å². The number of amides is 1. The average molecular weight is 454 g/mol. The first-order chi connectivity index (χ1) is 15.1. The topological polar surface area (TPSA) is 91.0 Å². The van der Waals surface area contributed by atoms with E-state index in [1.54, 1.807) is 12.3 Å². The van der Waals surface area contributed by atoms with Crippen LogP contribution in [0.5, 0.6) is 0 Å². The number of nitrogens with zero attached hydrogens (tertiary/aromatic N) is 4. The lowest BCUT2D eigenvalue weighted by atomic mass is 10.1. The lowest BCUT2D eigenvalue weighted by Gasteiger charge is -2.29. The van der Waals surface area contributed by atoms with Gasteiger partial charge in [0.1, 0.15) is 12.1 Å². The molecule has 3 aromatic rings. The number of imidazole rings is 1. The Morgan fingerprint density at radius 2 is 1.84 bits per heavy atom. The van der Waals surface area contributed by atoms with E-state index in [-0.39, 0.29) is 11.9 Å². The van der Waals surface area contributed by atoms with Gasteiger partial charge in [0.2, 0.25) is 0 Å². The van der Waals surface area contributed by atoms with Crippen molar-refractivity contribution in [3.05, 3.63) is 71.3 Å². The highest BCUT2D eigenvalue weighted by Gasteiger charge is 2.26. The maximum absolute atomic E-state index is 12.5. The first-order valence-corrected chi connectivity index (χ1v) is 13.9. The van der Waals surface area contributed by atoms with E-state index in [0.717, 1.165) is 18.0 Å². The van der Waals surface area contributed by atoms with Crippen LogP contribution in [0, 0.1) is 5.92 Å². The number of benzene rings is 1. The van der Waals surface area contributed by atoms with Gasteiger partial charge >= 0.3 is 11.7 Å². The number of rotatable bonds is 8. The summed E-state index contributed by atoms with van der Waals surface area (Å²) in [4.78, 5) is 32.3. The van der Waals surface area contributed by atoms with Gasteiger partial charge in [-0.25, -0.2) is 14.6 Å². The maximum Gasteiger partial charge on any atom is 0.354 e. The third kappa shape index (κ3) is 6.48. The fourth-order valence-electron chi connectivity index (χ4n) is 3.96. The molecule has 9 heteroatoms. The summed E-state index contributed by atoms with van der Waals surface area (Å²) in [5.74, 6) is 0.821. The molecule has 3 rings (SSSR count). The Kier molecular flexibility index (Phi) is 7.42. The largest absolute Gasteiger partial charge is 0.414 e. The molecule has 8 nitrogen and oxygen atoms in total. The van der Waals surface area contributed by atoms with Crippen molar-refractivity contribution < 1.29 is 9.22 Å². The lowest BCUT2D eigenvalue weighted by molar-refractivity contribution is 0.209. The first kappa shape index (κ1) is 23.6. The standard InChI is InChI=1S/C23H31N5O3Si/c1-17(2)15-32(4,5)31-18(3)14-19-6-8-20(9-7-19)28-12-10-21(26-23(28)30)25-22(29)27-13-11-24-16-27/h6-13,16-18H,14-15H2,1-5H3,(H,25,26,29,30). The van der Waals surface area contributed by atoms with Crippen molar-refractivity contribution in [2.75, 3.05) is 5.32 Å². The van der Waals surface area contributed by atoms with E-state index in [2.05, 4.69) is 49.1 Å². The molecule has 2 aromatic heterocycles. The Morgan fingerprint density at radius 1 is 1.12 bits per heavy atom. The molecule has 1 aromatic carbocycles. The van der Waals surface area contributed by atoms with E-state index in [1.165, 1.54) is 27.9 Å². The van der Waals surface area contributed by atoms with E-state index in [9.17, 15) is 9.59 Å². The highest BCUT2D eigenvalue weighted by atomic mass is 28.4. The van der Waals surface area contributed by atoms with E-state index in [4.69, 9.17) is 4.43 Å². The van der Waals surface area contributed by atoms with Crippen LogP contribution in [0.25, 0.3) is 5.69 Å². The summed E-state index contributed by atoms with van der Waals surface area (Å²) in [6.07, 6.45) is 6.94. The van der Waals surface area contributed by atoms with E-state index in [0.29, 0.717) is 11.6 Å². The minimum Gasteiger partial charge on any atom is -0.414 e. The van der Waals surface area contributed by atoms with Crippen LogP contribution < -0.4 is 11.0 Å². The normalized spacial score (nSPS) is 12.7. The van der Waals surface area contributed by atoms with Crippen LogP contribution in [0.2, 0.25) is 19.1 Å². The average Bonchev–Trinajstić information content (AvgIpc) is 3.22.